The van der Waals surface area contributed by atoms with Gasteiger partial charge >= 0.3 is 0 Å². The quantitative estimate of drug-likeness (QED) is 0.814. The first-order chi connectivity index (χ1) is 9.50. The van der Waals surface area contributed by atoms with Gasteiger partial charge in [-0.05, 0) is 57.2 Å². The summed E-state index contributed by atoms with van der Waals surface area (Å²) in [6, 6.07) is 7.57. The number of hydrogen-bond donors (Lipinski definition) is 1. The zero-order chi connectivity index (χ0) is 14.6. The third-order valence-electron chi connectivity index (χ3n) is 4.03. The minimum absolute atomic E-state index is 0.0978. The highest BCUT2D eigenvalue weighted by atomic mass is 35.5. The van der Waals surface area contributed by atoms with E-state index in [-0.39, 0.29) is 5.91 Å². The molecule has 108 valence electrons. The van der Waals surface area contributed by atoms with Gasteiger partial charge in [-0.1, -0.05) is 35.4 Å². The molecule has 1 N–H and O–H groups in total. The number of allylic oxidation sites excluding steroid dienone is 1. The van der Waals surface area contributed by atoms with E-state index in [0.29, 0.717) is 11.6 Å². The Balaban J connectivity index is 1.96. The summed E-state index contributed by atoms with van der Waals surface area (Å²) in [6.45, 7) is 4.58. The molecule has 0 fully saturated rings. The molecule has 3 heteroatoms. The highest BCUT2D eigenvalue weighted by Gasteiger charge is 2.31. The zero-order valence-electron chi connectivity index (χ0n) is 12.2. The van der Waals surface area contributed by atoms with Crippen molar-refractivity contribution >= 4 is 17.5 Å². The van der Waals surface area contributed by atoms with Crippen LogP contribution >= 0.6 is 11.6 Å². The van der Waals surface area contributed by atoms with E-state index in [1.807, 2.05) is 38.1 Å². The summed E-state index contributed by atoms with van der Waals surface area (Å²) in [5, 5.41) is 3.75. The maximum atomic E-state index is 12.4. The molecule has 1 aromatic carbocycles. The second kappa shape index (κ2) is 6.45. The topological polar surface area (TPSA) is 29.1 Å². The van der Waals surface area contributed by atoms with Crippen LogP contribution in [0.1, 0.15) is 45.1 Å². The van der Waals surface area contributed by atoms with Crippen molar-refractivity contribution in [1.82, 2.24) is 5.32 Å². The van der Waals surface area contributed by atoms with E-state index in [0.717, 1.165) is 18.4 Å². The average Bonchev–Trinajstić information content (AvgIpc) is 2.47. The van der Waals surface area contributed by atoms with Crippen LogP contribution < -0.4 is 5.32 Å². The Morgan fingerprint density at radius 2 is 1.95 bits per heavy atom. The standard InChI is InChI=1S/C17H22ClNO/c1-17(2,14-6-4-3-5-7-14)16(20)19-12-13-8-10-15(18)11-9-13/h6,8-11H,3-5,7,12H2,1-2H3,(H,19,20). The number of amides is 1. The molecule has 1 aliphatic rings. The van der Waals surface area contributed by atoms with Crippen molar-refractivity contribution in [3.05, 3.63) is 46.5 Å². The van der Waals surface area contributed by atoms with Crippen LogP contribution in [0, 0.1) is 5.41 Å². The molecule has 1 aromatic rings. The zero-order valence-corrected chi connectivity index (χ0v) is 13.0. The summed E-state index contributed by atoms with van der Waals surface area (Å²) in [5.41, 5.74) is 1.93. The molecule has 0 aromatic heterocycles. The summed E-state index contributed by atoms with van der Waals surface area (Å²) in [7, 11) is 0. The van der Waals surface area contributed by atoms with E-state index in [9.17, 15) is 4.79 Å². The van der Waals surface area contributed by atoms with Gasteiger partial charge in [0, 0.05) is 11.6 Å². The Hall–Kier alpha value is -1.28. The second-order valence-electron chi connectivity index (χ2n) is 5.91. The van der Waals surface area contributed by atoms with Gasteiger partial charge in [-0.3, -0.25) is 4.79 Å². The fourth-order valence-electron chi connectivity index (χ4n) is 2.56. The van der Waals surface area contributed by atoms with Crippen molar-refractivity contribution < 1.29 is 4.79 Å². The largest absolute Gasteiger partial charge is 0.351 e. The lowest BCUT2D eigenvalue weighted by Crippen LogP contribution is -2.38. The number of benzene rings is 1. The Morgan fingerprint density at radius 1 is 1.25 bits per heavy atom. The number of halogens is 1. The molecule has 0 atom stereocenters. The van der Waals surface area contributed by atoms with Crippen molar-refractivity contribution in [1.29, 1.82) is 0 Å². The summed E-state index contributed by atoms with van der Waals surface area (Å²) < 4.78 is 0. The van der Waals surface area contributed by atoms with Crippen LogP contribution in [0.4, 0.5) is 0 Å². The first kappa shape index (κ1) is 15.1. The number of nitrogens with one attached hydrogen (secondary N) is 1. The minimum atomic E-state index is -0.410. The predicted octanol–water partition coefficient (Wildman–Crippen LogP) is 4.48. The van der Waals surface area contributed by atoms with Gasteiger partial charge in [0.25, 0.3) is 0 Å². The molecule has 0 unspecified atom stereocenters. The van der Waals surface area contributed by atoms with E-state index in [1.165, 1.54) is 18.4 Å². The molecule has 0 saturated carbocycles. The Morgan fingerprint density at radius 3 is 2.55 bits per heavy atom. The summed E-state index contributed by atoms with van der Waals surface area (Å²) >= 11 is 5.85. The number of hydrogen-bond acceptors (Lipinski definition) is 1. The van der Waals surface area contributed by atoms with E-state index in [2.05, 4.69) is 11.4 Å². The number of carbonyl (C=O) groups is 1. The molecule has 0 radical (unpaired) electrons. The minimum Gasteiger partial charge on any atom is -0.351 e. The Bertz CT molecular complexity index is 502. The third kappa shape index (κ3) is 3.63. The first-order valence-corrected chi connectivity index (χ1v) is 7.60. The molecule has 0 saturated heterocycles. The van der Waals surface area contributed by atoms with Crippen molar-refractivity contribution in [2.45, 2.75) is 46.1 Å². The normalized spacial score (nSPS) is 15.7. The van der Waals surface area contributed by atoms with Gasteiger partial charge in [0.15, 0.2) is 0 Å². The molecule has 0 heterocycles. The lowest BCUT2D eigenvalue weighted by molar-refractivity contribution is -0.127. The fourth-order valence-corrected chi connectivity index (χ4v) is 2.68. The highest BCUT2D eigenvalue weighted by Crippen LogP contribution is 2.34. The lowest BCUT2D eigenvalue weighted by Gasteiger charge is -2.29. The van der Waals surface area contributed by atoms with Gasteiger partial charge in [-0.15, -0.1) is 0 Å². The fraction of sp³-hybridized carbons (Fsp3) is 0.471. The van der Waals surface area contributed by atoms with Crippen LogP contribution in [0.3, 0.4) is 0 Å². The van der Waals surface area contributed by atoms with Gasteiger partial charge in [0.1, 0.15) is 0 Å². The molecule has 2 nitrogen and oxygen atoms in total. The molecule has 1 aliphatic carbocycles. The van der Waals surface area contributed by atoms with Crippen molar-refractivity contribution in [3.8, 4) is 0 Å². The molecule has 0 aliphatic heterocycles. The maximum Gasteiger partial charge on any atom is 0.230 e. The molecule has 2 rings (SSSR count). The van der Waals surface area contributed by atoms with Crippen LogP contribution in [0.25, 0.3) is 0 Å². The van der Waals surface area contributed by atoms with Gasteiger partial charge in [-0.25, -0.2) is 0 Å². The summed E-state index contributed by atoms with van der Waals surface area (Å²) in [5.74, 6) is 0.0978. The molecule has 1 amide bonds. The van der Waals surface area contributed by atoms with Crippen molar-refractivity contribution in [2.75, 3.05) is 0 Å². The van der Waals surface area contributed by atoms with Crippen molar-refractivity contribution in [3.63, 3.8) is 0 Å². The molecule has 0 spiro atoms. The molecular formula is C17H22ClNO. The van der Waals surface area contributed by atoms with Crippen LogP contribution in [0.2, 0.25) is 5.02 Å². The lowest BCUT2D eigenvalue weighted by atomic mass is 9.78. The van der Waals surface area contributed by atoms with Crippen LogP contribution in [-0.2, 0) is 11.3 Å². The SMILES string of the molecule is CC(C)(C(=O)NCc1ccc(Cl)cc1)C1=CCCCC1. The number of carbonyl (C=O) groups excluding carboxylic acids is 1. The summed E-state index contributed by atoms with van der Waals surface area (Å²) in [6.07, 6.45) is 6.82. The summed E-state index contributed by atoms with van der Waals surface area (Å²) in [4.78, 5) is 12.4. The molecular weight excluding hydrogens is 270 g/mol. The van der Waals surface area contributed by atoms with Gasteiger partial charge in [0.05, 0.1) is 5.41 Å². The van der Waals surface area contributed by atoms with Crippen molar-refractivity contribution in [2.24, 2.45) is 5.41 Å². The average molecular weight is 292 g/mol. The van der Waals surface area contributed by atoms with Gasteiger partial charge in [-0.2, -0.15) is 0 Å². The molecule has 0 bridgehead atoms. The van der Waals surface area contributed by atoms with Gasteiger partial charge < -0.3 is 5.32 Å². The van der Waals surface area contributed by atoms with E-state index < -0.39 is 5.41 Å². The smallest absolute Gasteiger partial charge is 0.230 e. The van der Waals surface area contributed by atoms with E-state index >= 15 is 0 Å². The second-order valence-corrected chi connectivity index (χ2v) is 6.35. The van der Waals surface area contributed by atoms with Gasteiger partial charge in [0.2, 0.25) is 5.91 Å². The first-order valence-electron chi connectivity index (χ1n) is 7.22. The van der Waals surface area contributed by atoms with Crippen LogP contribution in [0.5, 0.6) is 0 Å². The molecule has 20 heavy (non-hydrogen) atoms. The van der Waals surface area contributed by atoms with E-state index in [1.54, 1.807) is 0 Å². The van der Waals surface area contributed by atoms with E-state index in [4.69, 9.17) is 11.6 Å². The predicted molar refractivity (Wildman–Crippen MR) is 83.6 cm³/mol. The third-order valence-corrected chi connectivity index (χ3v) is 4.28. The monoisotopic (exact) mass is 291 g/mol. The Kier molecular flexibility index (Phi) is 4.87. The number of rotatable bonds is 4. The van der Waals surface area contributed by atoms with Crippen LogP contribution in [-0.4, -0.2) is 5.91 Å². The Labute approximate surface area is 126 Å². The van der Waals surface area contributed by atoms with Crippen LogP contribution in [0.15, 0.2) is 35.9 Å². The maximum absolute atomic E-state index is 12.4. The highest BCUT2D eigenvalue weighted by molar-refractivity contribution is 6.30.